The summed E-state index contributed by atoms with van der Waals surface area (Å²) >= 11 is 1.92. The van der Waals surface area contributed by atoms with Gasteiger partial charge in [0.25, 0.3) is 0 Å². The Balaban J connectivity index is 2.25. The largest absolute Gasteiger partial charge is 0.135 e. The number of rotatable bonds is 0. The van der Waals surface area contributed by atoms with E-state index in [1.54, 1.807) is 0 Å². The predicted molar refractivity (Wildman–Crippen MR) is 86.3 cm³/mol. The van der Waals surface area contributed by atoms with E-state index in [2.05, 4.69) is 62.4 Å². The van der Waals surface area contributed by atoms with Gasteiger partial charge in [-0.15, -0.1) is 11.3 Å². The maximum Gasteiger partial charge on any atom is 0.0387 e. The maximum atomic E-state index is 2.33. The highest BCUT2D eigenvalue weighted by Gasteiger charge is 2.09. The molecule has 92 valence electrons. The van der Waals surface area contributed by atoms with Crippen LogP contribution < -0.4 is 0 Å². The Bertz CT molecular complexity index is 929. The van der Waals surface area contributed by atoms with Crippen LogP contribution in [0, 0.1) is 13.8 Å². The van der Waals surface area contributed by atoms with Gasteiger partial charge in [0.15, 0.2) is 0 Å². The third kappa shape index (κ3) is 1.52. The van der Waals surface area contributed by atoms with E-state index in [4.69, 9.17) is 0 Å². The summed E-state index contributed by atoms with van der Waals surface area (Å²) in [5, 5.41) is 5.44. The summed E-state index contributed by atoms with van der Waals surface area (Å²) in [6, 6.07) is 17.8. The second-order valence-corrected chi connectivity index (χ2v) is 6.23. The number of benzene rings is 3. The molecule has 4 aromatic rings. The monoisotopic (exact) mass is 262 g/mol. The molecule has 0 amide bonds. The minimum atomic E-state index is 1.33. The fraction of sp³-hybridized carbons (Fsp3) is 0.111. The molecule has 19 heavy (non-hydrogen) atoms. The van der Waals surface area contributed by atoms with E-state index in [0.29, 0.717) is 0 Å². The second-order valence-electron chi connectivity index (χ2n) is 5.18. The van der Waals surface area contributed by atoms with Crippen LogP contribution in [0.25, 0.3) is 30.9 Å². The molecule has 0 bridgehead atoms. The van der Waals surface area contributed by atoms with Crippen molar-refractivity contribution in [2.24, 2.45) is 0 Å². The lowest BCUT2D eigenvalue weighted by Crippen LogP contribution is -1.78. The fourth-order valence-electron chi connectivity index (χ4n) is 2.76. The quantitative estimate of drug-likeness (QED) is 0.374. The molecule has 0 saturated heterocycles. The first-order valence-electron chi connectivity index (χ1n) is 6.55. The molecule has 0 radical (unpaired) electrons. The van der Waals surface area contributed by atoms with Crippen molar-refractivity contribution in [1.29, 1.82) is 0 Å². The van der Waals surface area contributed by atoms with Crippen LogP contribution in [0.1, 0.15) is 11.1 Å². The normalized spacial score (nSPS) is 11.7. The molecule has 3 aromatic carbocycles. The standard InChI is InChI=1S/C18H14S/c1-11-7-8-15-16-9-13-5-3-4-6-14(13)10-17(16)19-18(15)12(11)2/h3-10H,1-2H3. The van der Waals surface area contributed by atoms with Crippen molar-refractivity contribution >= 4 is 42.3 Å². The third-order valence-corrected chi connectivity index (χ3v) is 5.31. The average Bonchev–Trinajstić information content (AvgIpc) is 2.79. The maximum absolute atomic E-state index is 2.33. The molecule has 0 aliphatic carbocycles. The van der Waals surface area contributed by atoms with Gasteiger partial charge in [0.1, 0.15) is 0 Å². The fourth-order valence-corrected chi connectivity index (χ4v) is 4.04. The summed E-state index contributed by atoms with van der Waals surface area (Å²) in [5.74, 6) is 0. The minimum absolute atomic E-state index is 1.33. The van der Waals surface area contributed by atoms with Crippen molar-refractivity contribution in [1.82, 2.24) is 0 Å². The Kier molecular flexibility index (Phi) is 2.21. The first-order valence-corrected chi connectivity index (χ1v) is 7.37. The van der Waals surface area contributed by atoms with Crippen molar-refractivity contribution in [2.45, 2.75) is 13.8 Å². The Morgan fingerprint density at radius 3 is 2.32 bits per heavy atom. The van der Waals surface area contributed by atoms with Crippen molar-refractivity contribution in [3.8, 4) is 0 Å². The summed E-state index contributed by atoms with van der Waals surface area (Å²) in [6.07, 6.45) is 0. The molecular formula is C18H14S. The molecule has 0 unspecified atom stereocenters. The van der Waals surface area contributed by atoms with Crippen molar-refractivity contribution < 1.29 is 0 Å². The van der Waals surface area contributed by atoms with Gasteiger partial charge in [-0.25, -0.2) is 0 Å². The summed E-state index contributed by atoms with van der Waals surface area (Å²) in [5.41, 5.74) is 2.80. The lowest BCUT2D eigenvalue weighted by atomic mass is 10.0. The van der Waals surface area contributed by atoms with Gasteiger partial charge in [0.2, 0.25) is 0 Å². The van der Waals surface area contributed by atoms with Crippen LogP contribution >= 0.6 is 11.3 Å². The van der Waals surface area contributed by atoms with Crippen LogP contribution in [0.5, 0.6) is 0 Å². The van der Waals surface area contributed by atoms with Gasteiger partial charge < -0.3 is 0 Å². The van der Waals surface area contributed by atoms with Gasteiger partial charge >= 0.3 is 0 Å². The van der Waals surface area contributed by atoms with Crippen LogP contribution in [-0.2, 0) is 0 Å². The summed E-state index contributed by atoms with van der Waals surface area (Å²) in [7, 11) is 0. The van der Waals surface area contributed by atoms with Crippen LogP contribution in [0.3, 0.4) is 0 Å². The van der Waals surface area contributed by atoms with Gasteiger partial charge in [-0.2, -0.15) is 0 Å². The topological polar surface area (TPSA) is 0 Å². The van der Waals surface area contributed by atoms with E-state index < -0.39 is 0 Å². The van der Waals surface area contributed by atoms with Crippen LogP contribution in [-0.4, -0.2) is 0 Å². The Labute approximate surface area is 116 Å². The van der Waals surface area contributed by atoms with E-state index in [1.165, 1.54) is 42.1 Å². The number of thiophene rings is 1. The van der Waals surface area contributed by atoms with E-state index >= 15 is 0 Å². The molecule has 1 heteroatoms. The zero-order valence-corrected chi connectivity index (χ0v) is 11.8. The van der Waals surface area contributed by atoms with E-state index in [9.17, 15) is 0 Å². The highest BCUT2D eigenvalue weighted by atomic mass is 32.1. The molecule has 0 N–H and O–H groups in total. The van der Waals surface area contributed by atoms with Gasteiger partial charge in [0, 0.05) is 20.2 Å². The zero-order chi connectivity index (χ0) is 13.0. The number of hydrogen-bond donors (Lipinski definition) is 0. The second kappa shape index (κ2) is 3.82. The van der Waals surface area contributed by atoms with Crippen molar-refractivity contribution in [3.05, 3.63) is 59.7 Å². The molecule has 1 aromatic heterocycles. The molecule has 0 nitrogen and oxygen atoms in total. The Morgan fingerprint density at radius 2 is 1.53 bits per heavy atom. The summed E-state index contributed by atoms with van der Waals surface area (Å²) in [6.45, 7) is 4.42. The highest BCUT2D eigenvalue weighted by Crippen LogP contribution is 2.38. The zero-order valence-electron chi connectivity index (χ0n) is 11.0. The van der Waals surface area contributed by atoms with Gasteiger partial charge in [-0.3, -0.25) is 0 Å². The van der Waals surface area contributed by atoms with Crippen LogP contribution in [0.2, 0.25) is 0 Å². The first-order chi connectivity index (χ1) is 9.24. The number of aryl methyl sites for hydroxylation is 2. The molecule has 1 heterocycles. The smallest absolute Gasteiger partial charge is 0.0387 e. The number of fused-ring (bicyclic) bond motifs is 4. The van der Waals surface area contributed by atoms with Gasteiger partial charge in [0.05, 0.1) is 0 Å². The molecule has 0 saturated carbocycles. The Morgan fingerprint density at radius 1 is 0.789 bits per heavy atom. The lowest BCUT2D eigenvalue weighted by molar-refractivity contribution is 1.39. The third-order valence-electron chi connectivity index (χ3n) is 4.03. The van der Waals surface area contributed by atoms with E-state index in [0.717, 1.165) is 0 Å². The van der Waals surface area contributed by atoms with E-state index in [1.807, 2.05) is 11.3 Å². The lowest BCUT2D eigenvalue weighted by Gasteiger charge is -2.00. The molecule has 0 aliphatic heterocycles. The average molecular weight is 262 g/mol. The van der Waals surface area contributed by atoms with Gasteiger partial charge in [-0.05, 0) is 47.9 Å². The molecular weight excluding hydrogens is 248 g/mol. The molecule has 0 fully saturated rings. The first kappa shape index (κ1) is 11.0. The molecule has 0 spiro atoms. The number of hydrogen-bond acceptors (Lipinski definition) is 1. The molecule has 0 atom stereocenters. The van der Waals surface area contributed by atoms with Crippen molar-refractivity contribution in [2.75, 3.05) is 0 Å². The Hall–Kier alpha value is -1.86. The summed E-state index contributed by atoms with van der Waals surface area (Å²) < 4.78 is 2.83. The highest BCUT2D eigenvalue weighted by molar-refractivity contribution is 7.26. The molecule has 0 aliphatic rings. The summed E-state index contributed by atoms with van der Waals surface area (Å²) in [4.78, 5) is 0. The SMILES string of the molecule is Cc1ccc2c(sc3cc4ccccc4cc32)c1C. The van der Waals surface area contributed by atoms with Crippen LogP contribution in [0.15, 0.2) is 48.5 Å². The minimum Gasteiger partial charge on any atom is -0.135 e. The van der Waals surface area contributed by atoms with Gasteiger partial charge in [-0.1, -0.05) is 36.4 Å². The van der Waals surface area contributed by atoms with Crippen molar-refractivity contribution in [3.63, 3.8) is 0 Å². The van der Waals surface area contributed by atoms with E-state index in [-0.39, 0.29) is 0 Å². The molecule has 4 rings (SSSR count). The van der Waals surface area contributed by atoms with Crippen LogP contribution in [0.4, 0.5) is 0 Å². The predicted octanol–water partition coefficient (Wildman–Crippen LogP) is 5.82.